The predicted molar refractivity (Wildman–Crippen MR) is 176 cm³/mol. The fraction of sp³-hybridized carbons (Fsp3) is 0. The van der Waals surface area contributed by atoms with E-state index in [-0.39, 0.29) is 0 Å². The lowest BCUT2D eigenvalue weighted by Crippen LogP contribution is -2.13. The Hall–Kier alpha value is -5.60. The van der Waals surface area contributed by atoms with Crippen molar-refractivity contribution in [2.75, 3.05) is 4.90 Å². The van der Waals surface area contributed by atoms with Gasteiger partial charge in [-0.25, -0.2) is 0 Å². The lowest BCUT2D eigenvalue weighted by molar-refractivity contribution is 1.10. The van der Waals surface area contributed by atoms with E-state index >= 15 is 0 Å². The molecule has 42 heavy (non-hydrogen) atoms. The molecule has 2 heteroatoms. The number of aromatic nitrogens is 1. The van der Waals surface area contributed by atoms with Gasteiger partial charge in [-0.05, 0) is 74.8 Å². The molecule has 194 valence electrons. The van der Waals surface area contributed by atoms with Crippen LogP contribution in [0.5, 0.6) is 0 Å². The molecule has 1 aliphatic carbocycles. The molecule has 10 rings (SSSR count). The van der Waals surface area contributed by atoms with E-state index in [0.717, 1.165) is 5.82 Å². The molecule has 2 heterocycles. The van der Waals surface area contributed by atoms with Crippen LogP contribution >= 0.6 is 0 Å². The molecule has 0 fully saturated rings. The Bertz CT molecular complexity index is 2400. The molecular formula is C40H24N2. The zero-order valence-corrected chi connectivity index (χ0v) is 22.8. The first-order chi connectivity index (χ1) is 20.8. The van der Waals surface area contributed by atoms with Crippen LogP contribution in [0.3, 0.4) is 0 Å². The minimum atomic E-state index is 1.15. The maximum Gasteiger partial charge on any atom is 0.123 e. The molecule has 1 aromatic heterocycles. The highest BCUT2D eigenvalue weighted by molar-refractivity contribution is 6.19. The summed E-state index contributed by atoms with van der Waals surface area (Å²) in [6, 6.07) is 53.7. The van der Waals surface area contributed by atoms with Crippen LogP contribution in [0.4, 0.5) is 17.2 Å². The van der Waals surface area contributed by atoms with Crippen molar-refractivity contribution in [3.05, 3.63) is 146 Å². The summed E-state index contributed by atoms with van der Waals surface area (Å²) in [5, 5.41) is 6.33. The molecule has 8 aromatic rings. The Morgan fingerprint density at radius 3 is 1.83 bits per heavy atom. The van der Waals surface area contributed by atoms with E-state index in [1.807, 2.05) is 0 Å². The van der Waals surface area contributed by atoms with E-state index in [1.54, 1.807) is 0 Å². The van der Waals surface area contributed by atoms with Gasteiger partial charge in [0.05, 0.1) is 22.6 Å². The summed E-state index contributed by atoms with van der Waals surface area (Å²) in [7, 11) is 0. The molecule has 2 aliphatic rings. The second-order valence-electron chi connectivity index (χ2n) is 11.4. The normalized spacial score (nSPS) is 12.7. The van der Waals surface area contributed by atoms with Gasteiger partial charge in [0, 0.05) is 21.9 Å². The first-order valence-electron chi connectivity index (χ1n) is 14.5. The third-order valence-corrected chi connectivity index (χ3v) is 9.23. The van der Waals surface area contributed by atoms with Crippen LogP contribution in [0.25, 0.3) is 71.5 Å². The molecule has 0 amide bonds. The monoisotopic (exact) mass is 532 g/mol. The molecule has 0 spiro atoms. The van der Waals surface area contributed by atoms with E-state index in [0.29, 0.717) is 0 Å². The standard InChI is InChI=1S/C40H24N2/c1-2-11-26-23-38-34(22-25(26)10-1)30-15-6-8-19-36(30)42(39-24-27-12-3-7-18-35(27)41(38)39)37-21-20-32-29-14-5-4-13-28(29)31-16-9-17-33(37)40(31)32/h1-24H. The van der Waals surface area contributed by atoms with Crippen LogP contribution in [-0.2, 0) is 0 Å². The van der Waals surface area contributed by atoms with Crippen LogP contribution in [-0.4, -0.2) is 4.57 Å². The number of fused-ring (bicyclic) bond motifs is 11. The minimum absolute atomic E-state index is 1.15. The zero-order valence-electron chi connectivity index (χ0n) is 22.8. The predicted octanol–water partition coefficient (Wildman–Crippen LogP) is 11.0. The van der Waals surface area contributed by atoms with Crippen LogP contribution < -0.4 is 4.90 Å². The van der Waals surface area contributed by atoms with Crippen molar-refractivity contribution in [2.45, 2.75) is 0 Å². The lowest BCUT2D eigenvalue weighted by atomic mass is 9.96. The molecule has 0 radical (unpaired) electrons. The van der Waals surface area contributed by atoms with E-state index in [9.17, 15) is 0 Å². The number of anilines is 3. The Balaban J connectivity index is 1.36. The SMILES string of the molecule is c1ccc2c(c1)-c1cccc3c(N4c5ccccc5-c5cc6ccccc6cc5-n5c4cc4ccccc45)ccc-2c13. The number of para-hydroxylation sites is 2. The van der Waals surface area contributed by atoms with E-state index < -0.39 is 0 Å². The van der Waals surface area contributed by atoms with Gasteiger partial charge in [-0.15, -0.1) is 0 Å². The van der Waals surface area contributed by atoms with Crippen molar-refractivity contribution in [2.24, 2.45) is 0 Å². The summed E-state index contributed by atoms with van der Waals surface area (Å²) in [4.78, 5) is 2.49. The summed E-state index contributed by atoms with van der Waals surface area (Å²) in [6.07, 6.45) is 0. The zero-order chi connectivity index (χ0) is 27.4. The van der Waals surface area contributed by atoms with Gasteiger partial charge in [0.1, 0.15) is 5.82 Å². The summed E-state index contributed by atoms with van der Waals surface area (Å²) < 4.78 is 2.47. The second kappa shape index (κ2) is 7.99. The Labute approximate surface area is 243 Å². The van der Waals surface area contributed by atoms with Gasteiger partial charge in [0.15, 0.2) is 0 Å². The average Bonchev–Trinajstić information content (AvgIpc) is 3.55. The van der Waals surface area contributed by atoms with Gasteiger partial charge >= 0.3 is 0 Å². The first-order valence-corrected chi connectivity index (χ1v) is 14.5. The van der Waals surface area contributed by atoms with Crippen molar-refractivity contribution in [1.82, 2.24) is 4.57 Å². The number of nitrogens with zero attached hydrogens (tertiary/aromatic N) is 2. The molecule has 0 N–H and O–H groups in total. The molecule has 0 unspecified atom stereocenters. The molecule has 7 aromatic carbocycles. The Kier molecular flexibility index (Phi) is 4.21. The van der Waals surface area contributed by atoms with E-state index in [4.69, 9.17) is 0 Å². The highest BCUT2D eigenvalue weighted by atomic mass is 15.3. The number of rotatable bonds is 1. The smallest absolute Gasteiger partial charge is 0.123 e. The number of benzene rings is 7. The molecule has 0 bridgehead atoms. The Morgan fingerprint density at radius 1 is 0.357 bits per heavy atom. The van der Waals surface area contributed by atoms with Gasteiger partial charge in [-0.3, -0.25) is 9.47 Å². The quantitative estimate of drug-likeness (QED) is 0.204. The van der Waals surface area contributed by atoms with E-state index in [1.165, 1.54) is 82.9 Å². The molecule has 0 atom stereocenters. The summed E-state index contributed by atoms with van der Waals surface area (Å²) in [5.74, 6) is 1.15. The summed E-state index contributed by atoms with van der Waals surface area (Å²) in [6.45, 7) is 0. The van der Waals surface area contributed by atoms with Gasteiger partial charge in [0.2, 0.25) is 0 Å². The van der Waals surface area contributed by atoms with Gasteiger partial charge in [-0.1, -0.05) is 109 Å². The largest absolute Gasteiger partial charge is 0.295 e. The minimum Gasteiger partial charge on any atom is -0.295 e. The molecule has 0 saturated carbocycles. The Morgan fingerprint density at radius 2 is 1.00 bits per heavy atom. The van der Waals surface area contributed by atoms with Crippen molar-refractivity contribution < 1.29 is 0 Å². The van der Waals surface area contributed by atoms with Gasteiger partial charge < -0.3 is 0 Å². The van der Waals surface area contributed by atoms with Crippen LogP contribution in [0.15, 0.2) is 146 Å². The lowest BCUT2D eigenvalue weighted by Gasteiger charge is -2.27. The maximum absolute atomic E-state index is 2.49. The van der Waals surface area contributed by atoms with Crippen molar-refractivity contribution in [3.63, 3.8) is 0 Å². The highest BCUT2D eigenvalue weighted by Gasteiger charge is 2.30. The number of hydrogen-bond acceptors (Lipinski definition) is 1. The average molecular weight is 533 g/mol. The van der Waals surface area contributed by atoms with Gasteiger partial charge in [-0.2, -0.15) is 0 Å². The molecule has 0 saturated heterocycles. The first kappa shape index (κ1) is 22.1. The van der Waals surface area contributed by atoms with Gasteiger partial charge in [0.25, 0.3) is 0 Å². The fourth-order valence-electron chi connectivity index (χ4n) is 7.45. The maximum atomic E-state index is 2.49. The van der Waals surface area contributed by atoms with Crippen molar-refractivity contribution in [3.8, 4) is 39.1 Å². The van der Waals surface area contributed by atoms with Crippen LogP contribution in [0.1, 0.15) is 0 Å². The third-order valence-electron chi connectivity index (χ3n) is 9.23. The van der Waals surface area contributed by atoms with Crippen molar-refractivity contribution >= 4 is 49.6 Å². The third kappa shape index (κ3) is 2.78. The van der Waals surface area contributed by atoms with Crippen LogP contribution in [0.2, 0.25) is 0 Å². The second-order valence-corrected chi connectivity index (χ2v) is 11.4. The highest BCUT2D eigenvalue weighted by Crippen LogP contribution is 2.54. The molecular weight excluding hydrogens is 508 g/mol. The summed E-state index contributed by atoms with van der Waals surface area (Å²) in [5.41, 5.74) is 12.5. The molecule has 2 nitrogen and oxygen atoms in total. The van der Waals surface area contributed by atoms with E-state index in [2.05, 4.69) is 155 Å². The topological polar surface area (TPSA) is 8.17 Å². The summed E-state index contributed by atoms with van der Waals surface area (Å²) >= 11 is 0. The molecule has 1 aliphatic heterocycles. The number of hydrogen-bond donors (Lipinski definition) is 0. The fourth-order valence-corrected chi connectivity index (χ4v) is 7.45. The van der Waals surface area contributed by atoms with Crippen molar-refractivity contribution in [1.29, 1.82) is 0 Å². The van der Waals surface area contributed by atoms with Crippen LogP contribution in [0, 0.1) is 0 Å².